The summed E-state index contributed by atoms with van der Waals surface area (Å²) in [5.74, 6) is 0.638. The van der Waals surface area contributed by atoms with Gasteiger partial charge in [-0.1, -0.05) is 28.1 Å². The predicted molar refractivity (Wildman–Crippen MR) is 80.8 cm³/mol. The van der Waals surface area contributed by atoms with Gasteiger partial charge in [-0.15, -0.1) is 0 Å². The highest BCUT2D eigenvalue weighted by atomic mass is 79.9. The lowest BCUT2D eigenvalue weighted by Gasteiger charge is -2.15. The molecule has 0 aliphatic rings. The number of benzene rings is 1. The van der Waals surface area contributed by atoms with Gasteiger partial charge in [0, 0.05) is 30.3 Å². The average molecular weight is 336 g/mol. The molecule has 0 radical (unpaired) electrons. The molecule has 20 heavy (non-hydrogen) atoms. The van der Waals surface area contributed by atoms with E-state index in [1.807, 2.05) is 38.4 Å². The third-order valence-electron chi connectivity index (χ3n) is 2.68. The van der Waals surface area contributed by atoms with Crippen LogP contribution in [0.2, 0.25) is 0 Å². The largest absolute Gasteiger partial charge is 0.465 e. The van der Waals surface area contributed by atoms with Crippen molar-refractivity contribution >= 4 is 27.7 Å². The Hall–Kier alpha value is -1.95. The summed E-state index contributed by atoms with van der Waals surface area (Å²) in [6, 6.07) is 7.68. The standard InChI is InChI=1S/C14H14BrN3O2/c1-18(2)13-11(14(19)20-3)8-16-12(17-13)9-5-4-6-10(15)7-9/h4-8H,1-3H3. The highest BCUT2D eigenvalue weighted by Crippen LogP contribution is 2.23. The van der Waals surface area contributed by atoms with Crippen LogP contribution in [0.5, 0.6) is 0 Å². The number of aromatic nitrogens is 2. The van der Waals surface area contributed by atoms with Crippen molar-refractivity contribution in [1.29, 1.82) is 0 Å². The highest BCUT2D eigenvalue weighted by Gasteiger charge is 2.17. The summed E-state index contributed by atoms with van der Waals surface area (Å²) in [5.41, 5.74) is 1.22. The third kappa shape index (κ3) is 2.96. The van der Waals surface area contributed by atoms with E-state index >= 15 is 0 Å². The minimum Gasteiger partial charge on any atom is -0.465 e. The lowest BCUT2D eigenvalue weighted by molar-refractivity contribution is 0.0600. The van der Waals surface area contributed by atoms with Crippen molar-refractivity contribution in [2.24, 2.45) is 0 Å². The van der Waals surface area contributed by atoms with Crippen LogP contribution in [-0.2, 0) is 4.74 Å². The quantitative estimate of drug-likeness (QED) is 0.807. The van der Waals surface area contributed by atoms with Crippen LogP contribution < -0.4 is 4.90 Å². The molecule has 0 atom stereocenters. The van der Waals surface area contributed by atoms with Crippen molar-refractivity contribution < 1.29 is 9.53 Å². The lowest BCUT2D eigenvalue weighted by atomic mass is 10.2. The minimum absolute atomic E-state index is 0.344. The summed E-state index contributed by atoms with van der Waals surface area (Å²) in [7, 11) is 4.98. The maximum atomic E-state index is 11.7. The topological polar surface area (TPSA) is 55.3 Å². The first-order valence-electron chi connectivity index (χ1n) is 5.91. The van der Waals surface area contributed by atoms with Gasteiger partial charge in [0.15, 0.2) is 5.82 Å². The maximum absolute atomic E-state index is 11.7. The first-order valence-corrected chi connectivity index (χ1v) is 6.71. The van der Waals surface area contributed by atoms with Gasteiger partial charge in [0.05, 0.1) is 7.11 Å². The lowest BCUT2D eigenvalue weighted by Crippen LogP contribution is -2.17. The van der Waals surface area contributed by atoms with Crippen LogP contribution in [0.25, 0.3) is 11.4 Å². The summed E-state index contributed by atoms with van der Waals surface area (Å²) < 4.78 is 5.69. The van der Waals surface area contributed by atoms with E-state index in [4.69, 9.17) is 4.74 Å². The molecule has 0 saturated carbocycles. The van der Waals surface area contributed by atoms with Crippen molar-refractivity contribution in [2.45, 2.75) is 0 Å². The van der Waals surface area contributed by atoms with Gasteiger partial charge < -0.3 is 9.64 Å². The molecule has 0 unspecified atom stereocenters. The average Bonchev–Trinajstić information content (AvgIpc) is 2.45. The maximum Gasteiger partial charge on any atom is 0.343 e. The molecular weight excluding hydrogens is 322 g/mol. The molecule has 0 fully saturated rings. The minimum atomic E-state index is -0.450. The van der Waals surface area contributed by atoms with Crippen molar-refractivity contribution in [1.82, 2.24) is 9.97 Å². The van der Waals surface area contributed by atoms with E-state index in [-0.39, 0.29) is 0 Å². The molecule has 0 amide bonds. The Bertz CT molecular complexity index is 644. The second kappa shape index (κ2) is 6.00. The highest BCUT2D eigenvalue weighted by molar-refractivity contribution is 9.10. The second-order valence-electron chi connectivity index (χ2n) is 4.33. The number of methoxy groups -OCH3 is 1. The fraction of sp³-hybridized carbons (Fsp3) is 0.214. The molecule has 2 aromatic rings. The van der Waals surface area contributed by atoms with Gasteiger partial charge >= 0.3 is 5.97 Å². The predicted octanol–water partition coefficient (Wildman–Crippen LogP) is 2.76. The number of hydrogen-bond donors (Lipinski definition) is 0. The molecule has 0 aliphatic heterocycles. The van der Waals surface area contributed by atoms with Crippen molar-refractivity contribution in [2.75, 3.05) is 26.1 Å². The Morgan fingerprint density at radius 3 is 2.70 bits per heavy atom. The number of rotatable bonds is 3. The monoisotopic (exact) mass is 335 g/mol. The summed E-state index contributed by atoms with van der Waals surface area (Å²) in [6.07, 6.45) is 1.49. The molecule has 1 heterocycles. The molecule has 5 nitrogen and oxygen atoms in total. The van der Waals surface area contributed by atoms with E-state index in [2.05, 4.69) is 25.9 Å². The van der Waals surface area contributed by atoms with E-state index in [0.717, 1.165) is 10.0 Å². The van der Waals surface area contributed by atoms with Gasteiger partial charge in [-0.25, -0.2) is 14.8 Å². The third-order valence-corrected chi connectivity index (χ3v) is 3.17. The van der Waals surface area contributed by atoms with Crippen LogP contribution in [0.1, 0.15) is 10.4 Å². The number of hydrogen-bond acceptors (Lipinski definition) is 5. The number of carbonyl (C=O) groups excluding carboxylic acids is 1. The number of carbonyl (C=O) groups is 1. The SMILES string of the molecule is COC(=O)c1cnc(-c2cccc(Br)c2)nc1N(C)C. The van der Waals surface area contributed by atoms with Crippen LogP contribution in [0.4, 0.5) is 5.82 Å². The molecule has 1 aromatic carbocycles. The van der Waals surface area contributed by atoms with Crippen molar-refractivity contribution in [3.8, 4) is 11.4 Å². The van der Waals surface area contributed by atoms with E-state index in [1.165, 1.54) is 13.3 Å². The van der Waals surface area contributed by atoms with Gasteiger partial charge in [0.1, 0.15) is 11.4 Å². The Morgan fingerprint density at radius 1 is 1.35 bits per heavy atom. The van der Waals surface area contributed by atoms with Crippen molar-refractivity contribution in [3.63, 3.8) is 0 Å². The number of anilines is 1. The number of nitrogens with zero attached hydrogens (tertiary/aromatic N) is 3. The Morgan fingerprint density at radius 2 is 2.10 bits per heavy atom. The first kappa shape index (κ1) is 14.5. The van der Waals surface area contributed by atoms with Crippen LogP contribution in [-0.4, -0.2) is 37.1 Å². The van der Waals surface area contributed by atoms with Gasteiger partial charge in [-0.2, -0.15) is 0 Å². The molecule has 6 heteroatoms. The molecule has 2 rings (SSSR count). The Kier molecular flexibility index (Phi) is 4.34. The summed E-state index contributed by atoms with van der Waals surface area (Å²) >= 11 is 3.42. The second-order valence-corrected chi connectivity index (χ2v) is 5.24. The molecule has 104 valence electrons. The van der Waals surface area contributed by atoms with E-state index in [9.17, 15) is 4.79 Å². The zero-order valence-electron chi connectivity index (χ0n) is 11.4. The van der Waals surface area contributed by atoms with Crippen LogP contribution in [0.3, 0.4) is 0 Å². The molecule has 0 N–H and O–H groups in total. The molecule has 1 aromatic heterocycles. The van der Waals surface area contributed by atoms with Gasteiger partial charge in [-0.3, -0.25) is 0 Å². The van der Waals surface area contributed by atoms with Crippen LogP contribution in [0, 0.1) is 0 Å². The van der Waals surface area contributed by atoms with Gasteiger partial charge in [-0.05, 0) is 12.1 Å². The summed E-state index contributed by atoms with van der Waals surface area (Å²) in [6.45, 7) is 0. The number of esters is 1. The van der Waals surface area contributed by atoms with Crippen molar-refractivity contribution in [3.05, 3.63) is 40.5 Å². The number of halogens is 1. The summed E-state index contributed by atoms with van der Waals surface area (Å²) in [5, 5.41) is 0. The number of ether oxygens (including phenoxy) is 1. The zero-order chi connectivity index (χ0) is 14.7. The van der Waals surface area contributed by atoms with E-state index < -0.39 is 5.97 Å². The van der Waals surface area contributed by atoms with Gasteiger partial charge in [0.2, 0.25) is 0 Å². The molecule has 0 bridgehead atoms. The molecule has 0 saturated heterocycles. The van der Waals surface area contributed by atoms with E-state index in [1.54, 1.807) is 4.90 Å². The summed E-state index contributed by atoms with van der Waals surface area (Å²) in [4.78, 5) is 22.2. The molecule has 0 aliphatic carbocycles. The fourth-order valence-corrected chi connectivity index (χ4v) is 2.13. The smallest absolute Gasteiger partial charge is 0.343 e. The normalized spacial score (nSPS) is 10.2. The Balaban J connectivity index is 2.53. The fourth-order valence-electron chi connectivity index (χ4n) is 1.73. The zero-order valence-corrected chi connectivity index (χ0v) is 13.0. The van der Waals surface area contributed by atoms with Crippen LogP contribution >= 0.6 is 15.9 Å². The Labute approximate surface area is 125 Å². The van der Waals surface area contributed by atoms with Gasteiger partial charge in [0.25, 0.3) is 0 Å². The molecule has 0 spiro atoms. The molecular formula is C14H14BrN3O2. The first-order chi connectivity index (χ1) is 9.52. The van der Waals surface area contributed by atoms with Crippen LogP contribution in [0.15, 0.2) is 34.9 Å². The van der Waals surface area contributed by atoms with E-state index in [0.29, 0.717) is 17.2 Å².